The van der Waals surface area contributed by atoms with Crippen LogP contribution in [0.4, 0.5) is 10.5 Å². The van der Waals surface area contributed by atoms with Gasteiger partial charge in [-0.25, -0.2) is 4.79 Å². The van der Waals surface area contributed by atoms with Crippen molar-refractivity contribution in [1.29, 1.82) is 0 Å². The number of likely N-dealkylation sites (tertiary alicyclic amines) is 1. The zero-order valence-corrected chi connectivity index (χ0v) is 16.7. The summed E-state index contributed by atoms with van der Waals surface area (Å²) in [7, 11) is 0. The van der Waals surface area contributed by atoms with Crippen LogP contribution in [0.25, 0.3) is 0 Å². The lowest BCUT2D eigenvalue weighted by molar-refractivity contribution is 0.00819. The van der Waals surface area contributed by atoms with Crippen LogP contribution in [0.1, 0.15) is 46.0 Å². The summed E-state index contributed by atoms with van der Waals surface area (Å²) in [5, 5.41) is 2.82. The first-order valence-electron chi connectivity index (χ1n) is 10.2. The molecule has 0 saturated carbocycles. The number of piperidine rings is 1. The average Bonchev–Trinajstić information content (AvgIpc) is 2.68. The zero-order valence-electron chi connectivity index (χ0n) is 16.7. The smallest absolute Gasteiger partial charge is 0.412 e. The fourth-order valence-electron chi connectivity index (χ4n) is 3.12. The Bertz CT molecular complexity index is 547. The van der Waals surface area contributed by atoms with E-state index in [-0.39, 0.29) is 6.10 Å². The molecule has 1 N–H and O–H groups in total. The maximum atomic E-state index is 12.4. The molecule has 1 aliphatic rings. The van der Waals surface area contributed by atoms with Crippen LogP contribution < -0.4 is 10.1 Å². The van der Waals surface area contributed by atoms with Crippen molar-refractivity contribution in [2.24, 2.45) is 0 Å². The first-order valence-corrected chi connectivity index (χ1v) is 10.2. The van der Waals surface area contributed by atoms with E-state index in [1.165, 1.54) is 19.3 Å². The van der Waals surface area contributed by atoms with E-state index in [4.69, 9.17) is 14.2 Å². The lowest BCUT2D eigenvalue weighted by Crippen LogP contribution is -2.41. The van der Waals surface area contributed by atoms with Crippen LogP contribution in [0.15, 0.2) is 24.3 Å². The second-order valence-corrected chi connectivity index (χ2v) is 6.87. The van der Waals surface area contributed by atoms with Crippen molar-refractivity contribution >= 4 is 11.8 Å². The fourth-order valence-corrected chi connectivity index (χ4v) is 3.12. The monoisotopic (exact) mass is 378 g/mol. The van der Waals surface area contributed by atoms with Crippen molar-refractivity contribution in [2.75, 3.05) is 44.8 Å². The number of nitrogens with zero attached hydrogens (tertiary/aromatic N) is 1. The highest BCUT2D eigenvalue weighted by molar-refractivity contribution is 5.86. The van der Waals surface area contributed by atoms with Gasteiger partial charge in [0.1, 0.15) is 11.9 Å². The average molecular weight is 379 g/mol. The summed E-state index contributed by atoms with van der Waals surface area (Å²) in [6.07, 6.45) is 4.98. The number of ether oxygens (including phenoxy) is 3. The summed E-state index contributed by atoms with van der Waals surface area (Å²) < 4.78 is 17.0. The summed E-state index contributed by atoms with van der Waals surface area (Å²) in [5.41, 5.74) is 0.631. The van der Waals surface area contributed by atoms with Crippen molar-refractivity contribution in [2.45, 2.75) is 52.1 Å². The van der Waals surface area contributed by atoms with Gasteiger partial charge in [-0.15, -0.1) is 0 Å². The molecule has 27 heavy (non-hydrogen) atoms. The Labute approximate surface area is 163 Å². The molecule has 1 amide bonds. The summed E-state index contributed by atoms with van der Waals surface area (Å²) in [6, 6.07) is 7.45. The molecular weight excluding hydrogens is 344 g/mol. The van der Waals surface area contributed by atoms with Crippen molar-refractivity contribution in [3.8, 4) is 5.75 Å². The Balaban J connectivity index is 1.90. The molecule has 1 saturated heterocycles. The van der Waals surface area contributed by atoms with Gasteiger partial charge in [0, 0.05) is 13.2 Å². The Morgan fingerprint density at radius 2 is 1.96 bits per heavy atom. The number of rotatable bonds is 11. The molecule has 152 valence electrons. The number of amides is 1. The quantitative estimate of drug-likeness (QED) is 0.582. The number of benzene rings is 1. The van der Waals surface area contributed by atoms with Crippen molar-refractivity contribution in [1.82, 2.24) is 4.90 Å². The number of nitrogens with one attached hydrogen (secondary N) is 1. The molecule has 1 fully saturated rings. The highest BCUT2D eigenvalue weighted by atomic mass is 16.6. The second kappa shape index (κ2) is 12.6. The van der Waals surface area contributed by atoms with E-state index in [2.05, 4.69) is 17.1 Å². The fraction of sp³-hybridized carbons (Fsp3) is 0.667. The Hall–Kier alpha value is -1.79. The summed E-state index contributed by atoms with van der Waals surface area (Å²) in [5.74, 6) is 0.667. The zero-order chi connectivity index (χ0) is 19.3. The highest BCUT2D eigenvalue weighted by Crippen LogP contribution is 2.24. The van der Waals surface area contributed by atoms with Gasteiger partial charge in [0.25, 0.3) is 0 Å². The maximum Gasteiger partial charge on any atom is 0.412 e. The topological polar surface area (TPSA) is 60.0 Å². The number of carbonyl (C=O) groups excluding carboxylic acids is 1. The minimum Gasteiger partial charge on any atom is -0.491 e. The van der Waals surface area contributed by atoms with E-state index in [9.17, 15) is 4.79 Å². The Morgan fingerprint density at radius 3 is 2.70 bits per heavy atom. The van der Waals surface area contributed by atoms with E-state index in [0.29, 0.717) is 37.8 Å². The Kier molecular flexibility index (Phi) is 10.0. The van der Waals surface area contributed by atoms with E-state index >= 15 is 0 Å². The third-order valence-corrected chi connectivity index (χ3v) is 4.57. The first kappa shape index (κ1) is 21.5. The Morgan fingerprint density at radius 1 is 1.19 bits per heavy atom. The van der Waals surface area contributed by atoms with Gasteiger partial charge < -0.3 is 14.2 Å². The highest BCUT2D eigenvalue weighted by Gasteiger charge is 2.21. The van der Waals surface area contributed by atoms with Crippen molar-refractivity contribution in [3.63, 3.8) is 0 Å². The maximum absolute atomic E-state index is 12.4. The third-order valence-electron chi connectivity index (χ3n) is 4.57. The molecule has 0 aliphatic carbocycles. The van der Waals surface area contributed by atoms with Crippen LogP contribution in [0.2, 0.25) is 0 Å². The van der Waals surface area contributed by atoms with Crippen LogP contribution in [-0.2, 0) is 9.47 Å². The van der Waals surface area contributed by atoms with E-state index in [1.54, 1.807) is 0 Å². The first-order chi connectivity index (χ1) is 13.2. The van der Waals surface area contributed by atoms with Gasteiger partial charge >= 0.3 is 6.09 Å². The molecule has 6 nitrogen and oxygen atoms in total. The van der Waals surface area contributed by atoms with Crippen molar-refractivity contribution in [3.05, 3.63) is 24.3 Å². The summed E-state index contributed by atoms with van der Waals surface area (Å²) in [4.78, 5) is 14.8. The molecule has 1 unspecified atom stereocenters. The lowest BCUT2D eigenvalue weighted by atomic mass is 10.1. The van der Waals surface area contributed by atoms with E-state index in [0.717, 1.165) is 25.9 Å². The van der Waals surface area contributed by atoms with E-state index < -0.39 is 6.09 Å². The van der Waals surface area contributed by atoms with Crippen LogP contribution >= 0.6 is 0 Å². The third kappa shape index (κ3) is 8.18. The molecule has 1 heterocycles. The number of para-hydroxylation sites is 2. The van der Waals surface area contributed by atoms with Gasteiger partial charge in [0.15, 0.2) is 0 Å². The van der Waals surface area contributed by atoms with Crippen LogP contribution in [0.5, 0.6) is 5.75 Å². The van der Waals surface area contributed by atoms with Gasteiger partial charge in [0.2, 0.25) is 0 Å². The molecule has 0 radical (unpaired) electrons. The molecule has 0 bridgehead atoms. The summed E-state index contributed by atoms with van der Waals surface area (Å²) >= 11 is 0. The SMILES string of the molecule is CCCCOc1ccccc1NC(=O)OC(COCC)CN1CCCCC1. The van der Waals surface area contributed by atoms with Gasteiger partial charge in [-0.2, -0.15) is 0 Å². The number of anilines is 1. The van der Waals surface area contributed by atoms with Gasteiger partial charge in [-0.3, -0.25) is 10.2 Å². The van der Waals surface area contributed by atoms with Gasteiger partial charge in [0.05, 0.1) is 18.9 Å². The van der Waals surface area contributed by atoms with Crippen LogP contribution in [0.3, 0.4) is 0 Å². The number of unbranched alkanes of at least 4 members (excludes halogenated alkanes) is 1. The second-order valence-electron chi connectivity index (χ2n) is 6.87. The number of hydrogen-bond acceptors (Lipinski definition) is 5. The normalized spacial score (nSPS) is 15.9. The van der Waals surface area contributed by atoms with Crippen LogP contribution in [0, 0.1) is 0 Å². The lowest BCUT2D eigenvalue weighted by Gasteiger charge is -2.30. The molecule has 2 rings (SSSR count). The van der Waals surface area contributed by atoms with Crippen LogP contribution in [-0.4, -0.2) is 56.6 Å². The molecule has 1 aromatic carbocycles. The minimum absolute atomic E-state index is 0.281. The van der Waals surface area contributed by atoms with Gasteiger partial charge in [-0.1, -0.05) is 31.9 Å². The molecule has 6 heteroatoms. The largest absolute Gasteiger partial charge is 0.491 e. The molecule has 1 atom stereocenters. The van der Waals surface area contributed by atoms with E-state index in [1.807, 2.05) is 31.2 Å². The number of hydrogen-bond donors (Lipinski definition) is 1. The summed E-state index contributed by atoms with van der Waals surface area (Å²) in [6.45, 7) is 8.54. The molecular formula is C21H34N2O4. The molecule has 1 aromatic rings. The predicted molar refractivity (Wildman–Crippen MR) is 108 cm³/mol. The molecule has 1 aliphatic heterocycles. The molecule has 0 aromatic heterocycles. The standard InChI is InChI=1S/C21H34N2O4/c1-3-5-15-26-20-12-8-7-11-19(20)22-21(24)27-18(17-25-4-2)16-23-13-9-6-10-14-23/h7-8,11-12,18H,3-6,9-10,13-17H2,1-2H3,(H,22,24). The van der Waals surface area contributed by atoms with Gasteiger partial charge in [-0.05, 0) is 51.4 Å². The number of carbonyl (C=O) groups is 1. The van der Waals surface area contributed by atoms with Crippen molar-refractivity contribution < 1.29 is 19.0 Å². The minimum atomic E-state index is -0.469. The molecule has 0 spiro atoms. The predicted octanol–water partition coefficient (Wildman–Crippen LogP) is 4.31.